The Hall–Kier alpha value is -1.66. The molecule has 19 heavy (non-hydrogen) atoms. The molecule has 0 aliphatic rings. The van der Waals surface area contributed by atoms with Crippen LogP contribution in [0.15, 0.2) is 24.3 Å². The highest BCUT2D eigenvalue weighted by Crippen LogP contribution is 2.25. The van der Waals surface area contributed by atoms with Crippen LogP contribution in [-0.4, -0.2) is 47.3 Å². The van der Waals surface area contributed by atoms with E-state index in [1.807, 2.05) is 13.8 Å². The summed E-state index contributed by atoms with van der Waals surface area (Å²) < 4.78 is 5.33. The second kappa shape index (κ2) is 7.70. The van der Waals surface area contributed by atoms with Gasteiger partial charge in [-0.1, -0.05) is 26.0 Å². The number of rotatable bonds is 8. The van der Waals surface area contributed by atoms with Crippen molar-refractivity contribution in [2.45, 2.75) is 20.0 Å². The van der Waals surface area contributed by atoms with Crippen LogP contribution in [0.1, 0.15) is 13.8 Å². The van der Waals surface area contributed by atoms with Gasteiger partial charge in [0.15, 0.2) is 5.75 Å². The van der Waals surface area contributed by atoms with Gasteiger partial charge in [0.2, 0.25) is 0 Å². The smallest absolute Gasteiger partial charge is 0.310 e. The molecule has 0 amide bonds. The molecule has 0 spiro atoms. The van der Waals surface area contributed by atoms with Crippen molar-refractivity contribution < 1.29 is 14.8 Å². The van der Waals surface area contributed by atoms with E-state index in [0.717, 1.165) is 13.1 Å². The van der Waals surface area contributed by atoms with Crippen molar-refractivity contribution in [1.82, 2.24) is 4.90 Å². The van der Waals surface area contributed by atoms with E-state index in [1.54, 1.807) is 12.1 Å². The number of ether oxygens (including phenoxy) is 1. The summed E-state index contributed by atoms with van der Waals surface area (Å²) >= 11 is 0. The van der Waals surface area contributed by atoms with Crippen LogP contribution in [-0.2, 0) is 0 Å². The van der Waals surface area contributed by atoms with Gasteiger partial charge in [-0.3, -0.25) is 10.1 Å². The lowest BCUT2D eigenvalue weighted by Gasteiger charge is -2.21. The molecule has 1 aromatic rings. The Labute approximate surface area is 112 Å². The SMILES string of the molecule is CCN(CC)CC(O)COc1ccccc1[N+](=O)[O-]. The summed E-state index contributed by atoms with van der Waals surface area (Å²) in [5.41, 5.74) is -0.0856. The normalized spacial score (nSPS) is 12.4. The maximum atomic E-state index is 10.8. The molecule has 0 fully saturated rings. The topological polar surface area (TPSA) is 75.8 Å². The van der Waals surface area contributed by atoms with E-state index in [1.165, 1.54) is 12.1 Å². The third-order valence-electron chi connectivity index (χ3n) is 2.86. The van der Waals surface area contributed by atoms with Gasteiger partial charge in [-0.15, -0.1) is 0 Å². The lowest BCUT2D eigenvalue weighted by molar-refractivity contribution is -0.385. The van der Waals surface area contributed by atoms with Gasteiger partial charge in [-0.05, 0) is 19.2 Å². The van der Waals surface area contributed by atoms with Gasteiger partial charge in [0, 0.05) is 12.6 Å². The van der Waals surface area contributed by atoms with Crippen molar-refractivity contribution in [2.24, 2.45) is 0 Å². The number of likely N-dealkylation sites (N-methyl/N-ethyl adjacent to an activating group) is 1. The number of hydrogen-bond acceptors (Lipinski definition) is 5. The minimum absolute atomic E-state index is 0.0430. The highest BCUT2D eigenvalue weighted by molar-refractivity contribution is 5.45. The second-order valence-corrected chi connectivity index (χ2v) is 4.18. The summed E-state index contributed by atoms with van der Waals surface area (Å²) in [5, 5.41) is 20.6. The second-order valence-electron chi connectivity index (χ2n) is 4.18. The fourth-order valence-corrected chi connectivity index (χ4v) is 1.75. The molecule has 0 radical (unpaired) electrons. The van der Waals surface area contributed by atoms with Gasteiger partial charge >= 0.3 is 5.69 Å². The minimum Gasteiger partial charge on any atom is -0.484 e. The number of hydrogen-bond donors (Lipinski definition) is 1. The highest BCUT2D eigenvalue weighted by Gasteiger charge is 2.16. The molecule has 0 saturated carbocycles. The number of para-hydroxylation sites is 2. The van der Waals surface area contributed by atoms with Crippen molar-refractivity contribution in [2.75, 3.05) is 26.2 Å². The van der Waals surface area contributed by atoms with E-state index in [2.05, 4.69) is 4.90 Å². The Kier molecular flexibility index (Phi) is 6.24. The van der Waals surface area contributed by atoms with E-state index in [4.69, 9.17) is 4.74 Å². The molecule has 0 aliphatic carbocycles. The molecular formula is C13H20N2O4. The zero-order valence-corrected chi connectivity index (χ0v) is 11.3. The highest BCUT2D eigenvalue weighted by atomic mass is 16.6. The molecule has 1 rings (SSSR count). The summed E-state index contributed by atoms with van der Waals surface area (Å²) in [7, 11) is 0. The van der Waals surface area contributed by atoms with Crippen LogP contribution in [0.25, 0.3) is 0 Å². The molecule has 6 nitrogen and oxygen atoms in total. The van der Waals surface area contributed by atoms with Crippen molar-refractivity contribution in [1.29, 1.82) is 0 Å². The van der Waals surface area contributed by atoms with Gasteiger partial charge in [-0.2, -0.15) is 0 Å². The molecule has 0 bridgehead atoms. The summed E-state index contributed by atoms with van der Waals surface area (Å²) in [6.45, 7) is 6.26. The van der Waals surface area contributed by atoms with Crippen molar-refractivity contribution in [3.05, 3.63) is 34.4 Å². The number of benzene rings is 1. The number of nitrogens with zero attached hydrogens (tertiary/aromatic N) is 2. The Morgan fingerprint density at radius 3 is 2.58 bits per heavy atom. The lowest BCUT2D eigenvalue weighted by atomic mass is 10.3. The first-order chi connectivity index (χ1) is 9.08. The van der Waals surface area contributed by atoms with Crippen LogP contribution in [0.5, 0.6) is 5.75 Å². The van der Waals surface area contributed by atoms with E-state index in [0.29, 0.717) is 6.54 Å². The Morgan fingerprint density at radius 2 is 2.00 bits per heavy atom. The summed E-state index contributed by atoms with van der Waals surface area (Å²) in [6, 6.07) is 6.16. The van der Waals surface area contributed by atoms with Gasteiger partial charge in [0.05, 0.1) is 4.92 Å². The zero-order chi connectivity index (χ0) is 14.3. The van der Waals surface area contributed by atoms with E-state index < -0.39 is 11.0 Å². The Balaban J connectivity index is 2.55. The molecule has 0 aromatic heterocycles. The van der Waals surface area contributed by atoms with Gasteiger partial charge < -0.3 is 14.7 Å². The average Bonchev–Trinajstić information content (AvgIpc) is 2.42. The molecule has 106 valence electrons. The fraction of sp³-hybridized carbons (Fsp3) is 0.538. The van der Waals surface area contributed by atoms with Gasteiger partial charge in [0.1, 0.15) is 12.7 Å². The van der Waals surface area contributed by atoms with Crippen LogP contribution in [0, 0.1) is 10.1 Å². The maximum absolute atomic E-state index is 10.8. The lowest BCUT2D eigenvalue weighted by Crippen LogP contribution is -2.35. The molecule has 1 N–H and O–H groups in total. The third-order valence-corrected chi connectivity index (χ3v) is 2.86. The monoisotopic (exact) mass is 268 g/mol. The van der Waals surface area contributed by atoms with E-state index in [-0.39, 0.29) is 18.0 Å². The maximum Gasteiger partial charge on any atom is 0.310 e. The predicted octanol–water partition coefficient (Wildman–Crippen LogP) is 1.68. The fourth-order valence-electron chi connectivity index (χ4n) is 1.75. The van der Waals surface area contributed by atoms with E-state index in [9.17, 15) is 15.2 Å². The first-order valence-corrected chi connectivity index (χ1v) is 6.35. The largest absolute Gasteiger partial charge is 0.484 e. The Bertz CT molecular complexity index is 407. The standard InChI is InChI=1S/C13H20N2O4/c1-3-14(4-2)9-11(16)10-19-13-8-6-5-7-12(13)15(17)18/h5-8,11,16H,3-4,9-10H2,1-2H3. The number of nitro benzene ring substituents is 1. The average molecular weight is 268 g/mol. The van der Waals surface area contributed by atoms with Crippen molar-refractivity contribution in [3.63, 3.8) is 0 Å². The van der Waals surface area contributed by atoms with Gasteiger partial charge in [0.25, 0.3) is 0 Å². The molecular weight excluding hydrogens is 248 g/mol. The van der Waals surface area contributed by atoms with Crippen LogP contribution in [0.4, 0.5) is 5.69 Å². The van der Waals surface area contributed by atoms with E-state index >= 15 is 0 Å². The summed E-state index contributed by atoms with van der Waals surface area (Å²) in [4.78, 5) is 12.4. The molecule has 1 atom stereocenters. The Morgan fingerprint density at radius 1 is 1.37 bits per heavy atom. The number of aliphatic hydroxyl groups excluding tert-OH is 1. The number of aliphatic hydroxyl groups is 1. The first kappa shape index (κ1) is 15.4. The van der Waals surface area contributed by atoms with Crippen LogP contribution >= 0.6 is 0 Å². The van der Waals surface area contributed by atoms with Crippen LogP contribution < -0.4 is 4.74 Å². The number of nitro groups is 1. The first-order valence-electron chi connectivity index (χ1n) is 6.35. The van der Waals surface area contributed by atoms with Crippen LogP contribution in [0.2, 0.25) is 0 Å². The molecule has 0 heterocycles. The zero-order valence-electron chi connectivity index (χ0n) is 11.3. The third kappa shape index (κ3) is 4.84. The van der Waals surface area contributed by atoms with Crippen LogP contribution in [0.3, 0.4) is 0 Å². The minimum atomic E-state index is -0.667. The molecule has 6 heteroatoms. The van der Waals surface area contributed by atoms with Crippen molar-refractivity contribution in [3.8, 4) is 5.75 Å². The molecule has 1 unspecified atom stereocenters. The predicted molar refractivity (Wildman–Crippen MR) is 72.4 cm³/mol. The van der Waals surface area contributed by atoms with Crippen molar-refractivity contribution >= 4 is 5.69 Å². The quantitative estimate of drug-likeness (QED) is 0.573. The molecule has 1 aromatic carbocycles. The summed E-state index contributed by atoms with van der Waals surface area (Å²) in [6.07, 6.45) is -0.667. The van der Waals surface area contributed by atoms with Gasteiger partial charge in [-0.25, -0.2) is 0 Å². The molecule has 0 saturated heterocycles. The summed E-state index contributed by atoms with van der Waals surface area (Å²) in [5.74, 6) is 0.186. The molecule has 0 aliphatic heterocycles.